The molecule has 0 amide bonds. The van der Waals surface area contributed by atoms with Crippen molar-refractivity contribution in [2.45, 2.75) is 19.4 Å². The van der Waals surface area contributed by atoms with Gasteiger partial charge in [0.05, 0.1) is 0 Å². The highest BCUT2D eigenvalue weighted by Crippen LogP contribution is 2.04. The molecular weight excluding hydrogens is 98.1 g/mol. The summed E-state index contributed by atoms with van der Waals surface area (Å²) in [5.41, 5.74) is 0. The van der Waals surface area contributed by atoms with Gasteiger partial charge in [0.1, 0.15) is 0 Å². The van der Waals surface area contributed by atoms with E-state index in [-0.39, 0.29) is 0 Å². The number of hydrogen-bond donors (Lipinski definition) is 0. The second kappa shape index (κ2) is 2.31. The summed E-state index contributed by atoms with van der Waals surface area (Å²) in [6, 6.07) is 0.656. The first kappa shape index (κ1) is 5.83. The molecule has 46 valence electrons. The van der Waals surface area contributed by atoms with Gasteiger partial charge in [0.15, 0.2) is 0 Å². The van der Waals surface area contributed by atoms with E-state index in [1.54, 1.807) is 0 Å². The molecule has 1 atom stereocenters. The Balaban J connectivity index is 2.47. The molecule has 0 radical (unpaired) electrons. The minimum absolute atomic E-state index is 0.656. The molecule has 8 heavy (non-hydrogen) atoms. The van der Waals surface area contributed by atoms with Gasteiger partial charge in [0.2, 0.25) is 0 Å². The molecule has 0 aliphatic carbocycles. The first-order valence-electron chi connectivity index (χ1n) is 3.17. The van der Waals surface area contributed by atoms with Gasteiger partial charge in [-0.25, -0.2) is 0 Å². The predicted octanol–water partition coefficient (Wildman–Crippen LogP) is 1.27. The number of hydrogen-bond acceptors (Lipinski definition) is 1. The van der Waals surface area contributed by atoms with Crippen LogP contribution in [-0.2, 0) is 0 Å². The van der Waals surface area contributed by atoms with Crippen molar-refractivity contribution in [3.63, 3.8) is 0 Å². The Bertz CT molecular complexity index is 96.6. The Morgan fingerprint density at radius 1 is 1.62 bits per heavy atom. The normalized spacial score (nSPS) is 31.0. The van der Waals surface area contributed by atoms with Crippen molar-refractivity contribution in [3.05, 3.63) is 12.2 Å². The van der Waals surface area contributed by atoms with Gasteiger partial charge in [-0.3, -0.25) is 4.90 Å². The lowest BCUT2D eigenvalue weighted by atomic mass is 10.2. The molecule has 0 saturated heterocycles. The summed E-state index contributed by atoms with van der Waals surface area (Å²) in [6.07, 6.45) is 5.73. The summed E-state index contributed by atoms with van der Waals surface area (Å²) < 4.78 is 0. The fraction of sp³-hybridized carbons (Fsp3) is 0.714. The number of rotatable bonds is 0. The van der Waals surface area contributed by atoms with E-state index < -0.39 is 0 Å². The second-order valence-electron chi connectivity index (χ2n) is 2.44. The Morgan fingerprint density at radius 2 is 2.38 bits per heavy atom. The molecule has 1 heteroatoms. The third-order valence-electron chi connectivity index (χ3n) is 1.76. The van der Waals surface area contributed by atoms with E-state index >= 15 is 0 Å². The average Bonchev–Trinajstić information content (AvgIpc) is 1.77. The Labute approximate surface area is 51.0 Å². The van der Waals surface area contributed by atoms with Gasteiger partial charge in [-0.15, -0.1) is 0 Å². The average molecular weight is 111 g/mol. The zero-order chi connectivity index (χ0) is 5.98. The van der Waals surface area contributed by atoms with Crippen LogP contribution in [0, 0.1) is 0 Å². The van der Waals surface area contributed by atoms with Gasteiger partial charge in [-0.1, -0.05) is 12.2 Å². The minimum Gasteiger partial charge on any atom is -0.300 e. The Hall–Kier alpha value is -0.300. The van der Waals surface area contributed by atoms with Crippen molar-refractivity contribution < 1.29 is 0 Å². The summed E-state index contributed by atoms with van der Waals surface area (Å²) in [7, 11) is 2.16. The van der Waals surface area contributed by atoms with Crippen LogP contribution in [0.4, 0.5) is 0 Å². The summed E-state index contributed by atoms with van der Waals surface area (Å²) in [6.45, 7) is 3.44. The topological polar surface area (TPSA) is 3.24 Å². The van der Waals surface area contributed by atoms with E-state index in [1.807, 2.05) is 0 Å². The van der Waals surface area contributed by atoms with Crippen LogP contribution in [0.2, 0.25) is 0 Å². The van der Waals surface area contributed by atoms with Gasteiger partial charge in [0.25, 0.3) is 0 Å². The maximum Gasteiger partial charge on any atom is 0.0246 e. The molecule has 1 nitrogen and oxygen atoms in total. The van der Waals surface area contributed by atoms with Crippen LogP contribution in [-0.4, -0.2) is 24.5 Å². The third kappa shape index (κ3) is 1.10. The van der Waals surface area contributed by atoms with Crippen molar-refractivity contribution in [2.75, 3.05) is 13.6 Å². The fourth-order valence-electron chi connectivity index (χ4n) is 0.922. The highest BCUT2D eigenvalue weighted by Gasteiger charge is 2.06. The highest BCUT2D eigenvalue weighted by atomic mass is 15.1. The van der Waals surface area contributed by atoms with Crippen LogP contribution in [0.25, 0.3) is 0 Å². The molecule has 0 spiro atoms. The fourth-order valence-corrected chi connectivity index (χ4v) is 0.922. The van der Waals surface area contributed by atoms with Crippen LogP contribution in [0.15, 0.2) is 12.2 Å². The van der Waals surface area contributed by atoms with E-state index in [2.05, 4.69) is 31.0 Å². The first-order chi connectivity index (χ1) is 3.80. The number of likely N-dealkylation sites (N-methyl/N-ethyl adjacent to an activating group) is 1. The van der Waals surface area contributed by atoms with Crippen molar-refractivity contribution in [1.29, 1.82) is 0 Å². The smallest absolute Gasteiger partial charge is 0.0246 e. The van der Waals surface area contributed by atoms with Crippen LogP contribution < -0.4 is 0 Å². The van der Waals surface area contributed by atoms with E-state index in [4.69, 9.17) is 0 Å². The molecule has 0 N–H and O–H groups in total. The van der Waals surface area contributed by atoms with Gasteiger partial charge in [-0.2, -0.15) is 0 Å². The van der Waals surface area contributed by atoms with E-state index in [9.17, 15) is 0 Å². The molecule has 0 aromatic heterocycles. The third-order valence-corrected chi connectivity index (χ3v) is 1.76. The lowest BCUT2D eigenvalue weighted by molar-refractivity contribution is 0.291. The van der Waals surface area contributed by atoms with E-state index in [0.717, 1.165) is 0 Å². The molecule has 1 aliphatic rings. The molecule has 1 rings (SSSR count). The van der Waals surface area contributed by atoms with E-state index in [0.29, 0.717) is 6.04 Å². The molecule has 1 heterocycles. The maximum atomic E-state index is 2.35. The lowest BCUT2D eigenvalue weighted by Gasteiger charge is -2.24. The van der Waals surface area contributed by atoms with Gasteiger partial charge in [-0.05, 0) is 20.4 Å². The molecule has 0 saturated carbocycles. The van der Waals surface area contributed by atoms with Crippen LogP contribution in [0.1, 0.15) is 13.3 Å². The molecule has 0 fully saturated rings. The number of nitrogens with zero attached hydrogens (tertiary/aromatic N) is 1. The largest absolute Gasteiger partial charge is 0.300 e. The molecule has 1 unspecified atom stereocenters. The van der Waals surface area contributed by atoms with Gasteiger partial charge >= 0.3 is 0 Å². The maximum absolute atomic E-state index is 2.35. The van der Waals surface area contributed by atoms with Crippen molar-refractivity contribution in [1.82, 2.24) is 4.90 Å². The summed E-state index contributed by atoms with van der Waals surface area (Å²) in [5, 5.41) is 0. The summed E-state index contributed by atoms with van der Waals surface area (Å²) >= 11 is 0. The summed E-state index contributed by atoms with van der Waals surface area (Å²) in [5.74, 6) is 0. The zero-order valence-electron chi connectivity index (χ0n) is 5.59. The van der Waals surface area contributed by atoms with Crippen LogP contribution >= 0.6 is 0 Å². The molecular formula is C7H13N. The predicted molar refractivity (Wildman–Crippen MR) is 35.8 cm³/mol. The van der Waals surface area contributed by atoms with E-state index in [1.165, 1.54) is 13.0 Å². The first-order valence-corrected chi connectivity index (χ1v) is 3.17. The Kier molecular flexibility index (Phi) is 1.69. The molecule has 0 bridgehead atoms. The highest BCUT2D eigenvalue weighted by molar-refractivity contribution is 4.95. The van der Waals surface area contributed by atoms with Crippen molar-refractivity contribution in [2.24, 2.45) is 0 Å². The second-order valence-corrected chi connectivity index (χ2v) is 2.44. The lowest BCUT2D eigenvalue weighted by Crippen LogP contribution is -2.30. The van der Waals surface area contributed by atoms with Gasteiger partial charge < -0.3 is 0 Å². The SMILES string of the molecule is CC1C=CCCN1C. The minimum atomic E-state index is 0.656. The standard InChI is InChI=1S/C7H13N/c1-7-5-3-4-6-8(7)2/h3,5,7H,4,6H2,1-2H3. The molecule has 0 aromatic carbocycles. The van der Waals surface area contributed by atoms with Crippen LogP contribution in [0.5, 0.6) is 0 Å². The van der Waals surface area contributed by atoms with Gasteiger partial charge in [0, 0.05) is 12.6 Å². The van der Waals surface area contributed by atoms with Crippen LogP contribution in [0.3, 0.4) is 0 Å². The summed E-state index contributed by atoms with van der Waals surface area (Å²) in [4.78, 5) is 2.35. The van der Waals surface area contributed by atoms with Crippen molar-refractivity contribution in [3.8, 4) is 0 Å². The quantitative estimate of drug-likeness (QED) is 0.425. The zero-order valence-corrected chi connectivity index (χ0v) is 5.59. The Morgan fingerprint density at radius 3 is 2.75 bits per heavy atom. The molecule has 0 aromatic rings. The molecule has 1 aliphatic heterocycles. The monoisotopic (exact) mass is 111 g/mol. The van der Waals surface area contributed by atoms with Crippen molar-refractivity contribution >= 4 is 0 Å².